The van der Waals surface area contributed by atoms with E-state index >= 15 is 0 Å². The van der Waals surface area contributed by atoms with E-state index in [0.29, 0.717) is 11.3 Å². The predicted octanol–water partition coefficient (Wildman–Crippen LogP) is 4.30. The van der Waals surface area contributed by atoms with Gasteiger partial charge < -0.3 is 10.1 Å². The van der Waals surface area contributed by atoms with E-state index < -0.39 is 23.6 Å². The average Bonchev–Trinajstić information content (AvgIpc) is 2.37. The number of fused-ring (bicyclic) bond motifs is 1. The standard InChI is InChI=1S/C14H9ClF3NO/c15-11-4-10(18)5-12-14(11)20-13(6-19-12)7-1-8(16)3-9(17)2-7/h1-5,13,19H,6H2. The van der Waals surface area contributed by atoms with Gasteiger partial charge >= 0.3 is 0 Å². The van der Waals surface area contributed by atoms with Gasteiger partial charge in [-0.05, 0) is 23.8 Å². The van der Waals surface area contributed by atoms with Crippen molar-refractivity contribution in [3.8, 4) is 5.75 Å². The minimum absolute atomic E-state index is 0.106. The molecule has 0 spiro atoms. The van der Waals surface area contributed by atoms with E-state index in [-0.39, 0.29) is 17.3 Å². The number of ether oxygens (including phenoxy) is 1. The van der Waals surface area contributed by atoms with Crippen molar-refractivity contribution in [3.63, 3.8) is 0 Å². The Kier molecular flexibility index (Phi) is 3.22. The summed E-state index contributed by atoms with van der Waals surface area (Å²) >= 11 is 5.91. The second-order valence-electron chi connectivity index (χ2n) is 4.45. The van der Waals surface area contributed by atoms with E-state index in [4.69, 9.17) is 16.3 Å². The van der Waals surface area contributed by atoms with Crippen LogP contribution >= 0.6 is 11.6 Å². The molecule has 0 bridgehead atoms. The topological polar surface area (TPSA) is 21.3 Å². The van der Waals surface area contributed by atoms with E-state index in [2.05, 4.69) is 5.32 Å². The third-order valence-corrected chi connectivity index (χ3v) is 3.28. The first-order valence-corrected chi connectivity index (χ1v) is 6.26. The molecule has 0 amide bonds. The van der Waals surface area contributed by atoms with Crippen LogP contribution in [-0.4, -0.2) is 6.54 Å². The molecule has 1 N–H and O–H groups in total. The van der Waals surface area contributed by atoms with Gasteiger partial charge in [0.1, 0.15) is 23.6 Å². The molecule has 2 aromatic carbocycles. The molecule has 2 nitrogen and oxygen atoms in total. The molecule has 2 aromatic rings. The average molecular weight is 300 g/mol. The predicted molar refractivity (Wildman–Crippen MR) is 69.6 cm³/mol. The third kappa shape index (κ3) is 2.41. The van der Waals surface area contributed by atoms with Crippen molar-refractivity contribution >= 4 is 17.3 Å². The summed E-state index contributed by atoms with van der Waals surface area (Å²) in [5.74, 6) is -1.58. The van der Waals surface area contributed by atoms with Crippen molar-refractivity contribution in [2.75, 3.05) is 11.9 Å². The number of halogens is 4. The number of nitrogens with one attached hydrogen (secondary N) is 1. The first kappa shape index (κ1) is 13.1. The lowest BCUT2D eigenvalue weighted by molar-refractivity contribution is 0.209. The Morgan fingerprint density at radius 3 is 2.35 bits per heavy atom. The molecule has 0 radical (unpaired) electrons. The molecule has 0 saturated carbocycles. The summed E-state index contributed by atoms with van der Waals surface area (Å²) in [7, 11) is 0. The summed E-state index contributed by atoms with van der Waals surface area (Å²) in [4.78, 5) is 0. The molecule has 0 fully saturated rings. The molecule has 104 valence electrons. The minimum Gasteiger partial charge on any atom is -0.480 e. The zero-order chi connectivity index (χ0) is 14.3. The maximum atomic E-state index is 13.2. The van der Waals surface area contributed by atoms with E-state index in [0.717, 1.165) is 12.1 Å². The van der Waals surface area contributed by atoms with Crippen molar-refractivity contribution in [2.24, 2.45) is 0 Å². The molecule has 0 aliphatic carbocycles. The maximum absolute atomic E-state index is 13.2. The van der Waals surface area contributed by atoms with Gasteiger partial charge in [-0.2, -0.15) is 0 Å². The summed E-state index contributed by atoms with van der Waals surface area (Å²) in [5.41, 5.74) is 0.768. The Morgan fingerprint density at radius 1 is 1.00 bits per heavy atom. The fourth-order valence-electron chi connectivity index (χ4n) is 2.14. The van der Waals surface area contributed by atoms with Crippen LogP contribution in [0.5, 0.6) is 5.75 Å². The molecule has 1 unspecified atom stereocenters. The number of hydrogen-bond acceptors (Lipinski definition) is 2. The zero-order valence-electron chi connectivity index (χ0n) is 10.1. The zero-order valence-corrected chi connectivity index (χ0v) is 10.8. The molecule has 0 aromatic heterocycles. The fourth-order valence-corrected chi connectivity index (χ4v) is 2.40. The Labute approximate surface area is 118 Å². The van der Waals surface area contributed by atoms with Gasteiger partial charge in [-0.25, -0.2) is 13.2 Å². The lowest BCUT2D eigenvalue weighted by Gasteiger charge is -2.28. The monoisotopic (exact) mass is 299 g/mol. The number of hydrogen-bond donors (Lipinski definition) is 1. The SMILES string of the molecule is Fc1cc(F)cc(C2CNc3cc(F)cc(Cl)c3O2)c1. The maximum Gasteiger partial charge on any atom is 0.162 e. The van der Waals surface area contributed by atoms with Crippen LogP contribution in [0.4, 0.5) is 18.9 Å². The van der Waals surface area contributed by atoms with Crippen LogP contribution in [0.2, 0.25) is 5.02 Å². The van der Waals surface area contributed by atoms with Crippen LogP contribution < -0.4 is 10.1 Å². The number of rotatable bonds is 1. The fraction of sp³-hybridized carbons (Fsp3) is 0.143. The molecule has 3 rings (SSSR count). The van der Waals surface area contributed by atoms with Crippen molar-refractivity contribution in [2.45, 2.75) is 6.10 Å². The smallest absolute Gasteiger partial charge is 0.162 e. The molecular weight excluding hydrogens is 291 g/mol. The molecule has 1 aliphatic rings. The van der Waals surface area contributed by atoms with Crippen molar-refractivity contribution in [3.05, 3.63) is 58.4 Å². The highest BCUT2D eigenvalue weighted by atomic mass is 35.5. The van der Waals surface area contributed by atoms with Crippen molar-refractivity contribution in [1.82, 2.24) is 0 Å². The van der Waals surface area contributed by atoms with Crippen LogP contribution in [0.1, 0.15) is 11.7 Å². The summed E-state index contributed by atoms with van der Waals surface area (Å²) in [6.07, 6.45) is -0.601. The van der Waals surface area contributed by atoms with Gasteiger partial charge in [0, 0.05) is 12.1 Å². The van der Waals surface area contributed by atoms with Crippen LogP contribution in [0.15, 0.2) is 30.3 Å². The lowest BCUT2D eigenvalue weighted by Crippen LogP contribution is -2.24. The van der Waals surface area contributed by atoms with Gasteiger partial charge in [-0.15, -0.1) is 0 Å². The Bertz CT molecular complexity index is 657. The second-order valence-corrected chi connectivity index (χ2v) is 4.86. The molecule has 6 heteroatoms. The minimum atomic E-state index is -0.681. The first-order chi connectivity index (χ1) is 9.52. The lowest BCUT2D eigenvalue weighted by atomic mass is 10.1. The summed E-state index contributed by atoms with van der Waals surface area (Å²) < 4.78 is 45.3. The van der Waals surface area contributed by atoms with E-state index in [9.17, 15) is 13.2 Å². The second kappa shape index (κ2) is 4.90. The highest BCUT2D eigenvalue weighted by Crippen LogP contribution is 2.40. The van der Waals surface area contributed by atoms with E-state index in [1.54, 1.807) is 0 Å². The van der Waals surface area contributed by atoms with Gasteiger partial charge in [0.05, 0.1) is 17.3 Å². The van der Waals surface area contributed by atoms with Crippen LogP contribution in [-0.2, 0) is 0 Å². The van der Waals surface area contributed by atoms with Gasteiger partial charge in [0.25, 0.3) is 0 Å². The van der Waals surface area contributed by atoms with Gasteiger partial charge in [-0.1, -0.05) is 11.6 Å². The van der Waals surface area contributed by atoms with Crippen LogP contribution in [0.25, 0.3) is 0 Å². The Morgan fingerprint density at radius 2 is 1.65 bits per heavy atom. The molecular formula is C14H9ClF3NO. The molecule has 20 heavy (non-hydrogen) atoms. The quantitative estimate of drug-likeness (QED) is 0.847. The Balaban J connectivity index is 1.96. The van der Waals surface area contributed by atoms with Gasteiger partial charge in [0.2, 0.25) is 0 Å². The summed E-state index contributed by atoms with van der Waals surface area (Å²) in [5, 5.41) is 3.04. The molecule has 1 heterocycles. The molecule has 0 saturated heterocycles. The van der Waals surface area contributed by atoms with E-state index in [1.165, 1.54) is 18.2 Å². The number of benzene rings is 2. The normalized spacial score (nSPS) is 17.1. The largest absolute Gasteiger partial charge is 0.480 e. The summed E-state index contributed by atoms with van der Waals surface area (Å²) in [6.45, 7) is 0.260. The van der Waals surface area contributed by atoms with Gasteiger partial charge in [0.15, 0.2) is 5.75 Å². The first-order valence-electron chi connectivity index (χ1n) is 5.88. The third-order valence-electron chi connectivity index (χ3n) is 3.00. The molecule has 1 atom stereocenters. The highest BCUT2D eigenvalue weighted by Gasteiger charge is 2.24. The van der Waals surface area contributed by atoms with Crippen LogP contribution in [0.3, 0.4) is 0 Å². The highest BCUT2D eigenvalue weighted by molar-refractivity contribution is 6.32. The molecule has 1 aliphatic heterocycles. The van der Waals surface area contributed by atoms with Crippen molar-refractivity contribution < 1.29 is 17.9 Å². The Hall–Kier alpha value is -1.88. The van der Waals surface area contributed by atoms with Crippen LogP contribution in [0, 0.1) is 17.5 Å². The van der Waals surface area contributed by atoms with Gasteiger partial charge in [-0.3, -0.25) is 0 Å². The summed E-state index contributed by atoms with van der Waals surface area (Å²) in [6, 6.07) is 5.55. The number of anilines is 1. The van der Waals surface area contributed by atoms with E-state index in [1.807, 2.05) is 0 Å². The van der Waals surface area contributed by atoms with Crippen molar-refractivity contribution in [1.29, 1.82) is 0 Å².